The molecule has 0 N–H and O–H groups in total. The van der Waals surface area contributed by atoms with E-state index in [1.165, 1.54) is 0 Å². The summed E-state index contributed by atoms with van der Waals surface area (Å²) in [7, 11) is 0. The summed E-state index contributed by atoms with van der Waals surface area (Å²) < 4.78 is 33.0. The van der Waals surface area contributed by atoms with Gasteiger partial charge in [0, 0.05) is 26.2 Å². The van der Waals surface area contributed by atoms with Crippen LogP contribution in [-0.4, -0.2) is 86.5 Å². The molecule has 1 saturated carbocycles. The molecule has 48 heavy (non-hydrogen) atoms. The van der Waals surface area contributed by atoms with Crippen LogP contribution in [0.5, 0.6) is 23.0 Å². The van der Waals surface area contributed by atoms with Gasteiger partial charge in [-0.05, 0) is 113 Å². The van der Waals surface area contributed by atoms with E-state index in [-0.39, 0.29) is 62.4 Å². The number of amides is 2. The normalized spacial score (nSPS) is 19.5. The minimum Gasteiger partial charge on any atom is -0.490 e. The Kier molecular flexibility index (Phi) is 13.2. The molecule has 2 aromatic rings. The Bertz CT molecular complexity index is 1230. The highest BCUT2D eigenvalue weighted by atomic mass is 16.6. The monoisotopic (exact) mass is 666 g/mol. The van der Waals surface area contributed by atoms with Crippen LogP contribution in [0.2, 0.25) is 0 Å². The van der Waals surface area contributed by atoms with Gasteiger partial charge in [-0.25, -0.2) is 9.59 Å². The van der Waals surface area contributed by atoms with E-state index in [1.54, 1.807) is 58.3 Å². The van der Waals surface area contributed by atoms with Crippen molar-refractivity contribution < 1.29 is 47.6 Å². The molecule has 2 amide bonds. The van der Waals surface area contributed by atoms with Crippen LogP contribution in [0.3, 0.4) is 0 Å². The first-order valence-corrected chi connectivity index (χ1v) is 17.2. The Morgan fingerprint density at radius 2 is 0.812 bits per heavy atom. The second-order valence-corrected chi connectivity index (χ2v) is 12.4. The minimum absolute atomic E-state index is 0.156. The van der Waals surface area contributed by atoms with Gasteiger partial charge in [0.2, 0.25) is 0 Å². The van der Waals surface area contributed by atoms with E-state index in [2.05, 4.69) is 0 Å². The van der Waals surface area contributed by atoms with Crippen LogP contribution in [0.4, 0.5) is 9.59 Å². The number of hydrogen-bond donors (Lipinski definition) is 0. The molecule has 0 radical (unpaired) electrons. The number of carbonyl (C=O) groups is 4. The number of rotatable bonds is 12. The van der Waals surface area contributed by atoms with Gasteiger partial charge in [0.15, 0.2) is 0 Å². The first-order chi connectivity index (χ1) is 23.4. The molecule has 0 atom stereocenters. The molecule has 5 rings (SSSR count). The van der Waals surface area contributed by atoms with Crippen molar-refractivity contribution in [3.05, 3.63) is 48.5 Å². The smallest absolute Gasteiger partial charge is 0.409 e. The summed E-state index contributed by atoms with van der Waals surface area (Å²) in [6.45, 7) is 3.72. The van der Waals surface area contributed by atoms with Crippen LogP contribution >= 0.6 is 0 Å². The molecule has 0 unspecified atom stereocenters. The van der Waals surface area contributed by atoms with Gasteiger partial charge in [-0.1, -0.05) is 0 Å². The predicted octanol–water partition coefficient (Wildman–Crippen LogP) is 6.01. The van der Waals surface area contributed by atoms with Crippen molar-refractivity contribution in [3.63, 3.8) is 0 Å². The van der Waals surface area contributed by atoms with Crippen LogP contribution < -0.4 is 18.9 Å². The van der Waals surface area contributed by atoms with E-state index in [0.717, 1.165) is 64.7 Å². The number of ether oxygens (including phenoxy) is 6. The van der Waals surface area contributed by atoms with Gasteiger partial charge in [-0.2, -0.15) is 0 Å². The number of esters is 2. The summed E-state index contributed by atoms with van der Waals surface area (Å²) in [5.74, 6) is 0.749. The van der Waals surface area contributed by atoms with Crippen molar-refractivity contribution in [2.45, 2.75) is 64.2 Å². The third-order valence-corrected chi connectivity index (χ3v) is 8.86. The number of hydrogen-bond acceptors (Lipinski definition) is 10. The van der Waals surface area contributed by atoms with Crippen LogP contribution in [-0.2, 0) is 19.1 Å². The maximum atomic E-state index is 12.8. The Morgan fingerprint density at radius 3 is 1.17 bits per heavy atom. The number of likely N-dealkylation sites (tertiary alicyclic amines) is 2. The Labute approximate surface area is 281 Å². The summed E-state index contributed by atoms with van der Waals surface area (Å²) in [5, 5.41) is 0. The van der Waals surface area contributed by atoms with Gasteiger partial charge in [-0.3, -0.25) is 9.59 Å². The molecule has 12 heteroatoms. The lowest BCUT2D eigenvalue weighted by Crippen LogP contribution is -2.36. The van der Waals surface area contributed by atoms with Gasteiger partial charge >= 0.3 is 24.1 Å². The zero-order chi connectivity index (χ0) is 33.6. The molecule has 3 fully saturated rings. The Hall–Kier alpha value is -4.48. The van der Waals surface area contributed by atoms with Crippen molar-refractivity contribution in [3.8, 4) is 23.0 Å². The molecule has 2 aliphatic heterocycles. The van der Waals surface area contributed by atoms with E-state index in [1.807, 2.05) is 0 Å². The first-order valence-electron chi connectivity index (χ1n) is 17.2. The summed E-state index contributed by atoms with van der Waals surface area (Å²) in [6, 6.07) is 13.5. The predicted molar refractivity (Wildman–Crippen MR) is 174 cm³/mol. The van der Waals surface area contributed by atoms with Crippen molar-refractivity contribution >= 4 is 24.1 Å². The SMILES string of the molecule is O=C(OCCOc1ccc(OC(=O)[C@H]2CC[C@H](C(=O)Oc3ccc(OCCOC(=O)N4CCCCC4)cc3)CC2)cc1)N1CCCCC1. The molecule has 0 spiro atoms. The van der Waals surface area contributed by atoms with Crippen LogP contribution in [0.25, 0.3) is 0 Å². The van der Waals surface area contributed by atoms with E-state index in [4.69, 9.17) is 28.4 Å². The largest absolute Gasteiger partial charge is 0.490 e. The molecule has 12 nitrogen and oxygen atoms in total. The Balaban J connectivity index is 0.939. The number of carbonyl (C=O) groups excluding carboxylic acids is 4. The molecule has 2 heterocycles. The second-order valence-electron chi connectivity index (χ2n) is 12.4. The quantitative estimate of drug-likeness (QED) is 0.151. The van der Waals surface area contributed by atoms with Crippen LogP contribution in [0.15, 0.2) is 48.5 Å². The fourth-order valence-electron chi connectivity index (χ4n) is 6.08. The molecule has 2 saturated heterocycles. The molecule has 0 bridgehead atoms. The summed E-state index contributed by atoms with van der Waals surface area (Å²) in [5.41, 5.74) is 0. The zero-order valence-corrected chi connectivity index (χ0v) is 27.5. The maximum absolute atomic E-state index is 12.8. The lowest BCUT2D eigenvalue weighted by molar-refractivity contribution is -0.145. The highest BCUT2D eigenvalue weighted by Gasteiger charge is 2.32. The number of nitrogens with zero attached hydrogens (tertiary/aromatic N) is 2. The van der Waals surface area contributed by atoms with Crippen molar-refractivity contribution in [1.82, 2.24) is 9.80 Å². The summed E-state index contributed by atoms with van der Waals surface area (Å²) in [6.07, 6.45) is 7.86. The fraction of sp³-hybridized carbons (Fsp3) is 0.556. The van der Waals surface area contributed by atoms with Gasteiger partial charge < -0.3 is 38.2 Å². The maximum Gasteiger partial charge on any atom is 0.409 e. The third kappa shape index (κ3) is 10.8. The Morgan fingerprint density at radius 1 is 0.479 bits per heavy atom. The highest BCUT2D eigenvalue weighted by molar-refractivity contribution is 5.78. The van der Waals surface area contributed by atoms with Crippen LogP contribution in [0.1, 0.15) is 64.2 Å². The molecule has 2 aromatic carbocycles. The number of piperidine rings is 2. The van der Waals surface area contributed by atoms with Gasteiger partial charge in [0.1, 0.15) is 49.4 Å². The highest BCUT2D eigenvalue weighted by Crippen LogP contribution is 2.32. The van der Waals surface area contributed by atoms with E-state index >= 15 is 0 Å². The average Bonchev–Trinajstić information content (AvgIpc) is 3.13. The lowest BCUT2D eigenvalue weighted by atomic mass is 9.82. The summed E-state index contributed by atoms with van der Waals surface area (Å²) in [4.78, 5) is 53.2. The van der Waals surface area contributed by atoms with Gasteiger partial charge in [-0.15, -0.1) is 0 Å². The molecular weight excluding hydrogens is 620 g/mol. The topological polar surface area (TPSA) is 130 Å². The first kappa shape index (κ1) is 34.8. The van der Waals surface area contributed by atoms with Crippen molar-refractivity contribution in [2.24, 2.45) is 11.8 Å². The van der Waals surface area contributed by atoms with Crippen molar-refractivity contribution in [2.75, 3.05) is 52.6 Å². The average molecular weight is 667 g/mol. The molecule has 0 aromatic heterocycles. The second kappa shape index (κ2) is 18.2. The van der Waals surface area contributed by atoms with Gasteiger partial charge in [0.25, 0.3) is 0 Å². The van der Waals surface area contributed by atoms with Crippen molar-refractivity contribution in [1.29, 1.82) is 0 Å². The van der Waals surface area contributed by atoms with E-state index in [9.17, 15) is 19.2 Å². The summed E-state index contributed by atoms with van der Waals surface area (Å²) >= 11 is 0. The number of benzene rings is 2. The van der Waals surface area contributed by atoms with Gasteiger partial charge in [0.05, 0.1) is 11.8 Å². The van der Waals surface area contributed by atoms with E-state index < -0.39 is 0 Å². The molecule has 260 valence electrons. The zero-order valence-electron chi connectivity index (χ0n) is 27.5. The molecule has 1 aliphatic carbocycles. The molecular formula is C36H46N2O10. The standard InChI is InChI=1S/C36H46N2O10/c39-33(47-31-15-11-29(12-16-31)43-23-25-45-35(41)37-19-3-1-4-20-37)27-7-9-28(10-8-27)34(40)48-32-17-13-30(14-18-32)44-24-26-46-36(42)38-21-5-2-6-22-38/h11-18,27-28H,1-10,19-26H2/t27-,28-. The lowest BCUT2D eigenvalue weighted by Gasteiger charge is -2.26. The third-order valence-electron chi connectivity index (χ3n) is 8.86. The molecule has 3 aliphatic rings. The van der Waals surface area contributed by atoms with E-state index in [0.29, 0.717) is 48.7 Å². The fourth-order valence-corrected chi connectivity index (χ4v) is 6.08. The minimum atomic E-state index is -0.322. The van der Waals surface area contributed by atoms with Crippen LogP contribution in [0, 0.1) is 11.8 Å².